The molecule has 2 aromatic carbocycles. The minimum atomic E-state index is -1.27. The van der Waals surface area contributed by atoms with Crippen molar-refractivity contribution in [3.05, 3.63) is 52.8 Å². The van der Waals surface area contributed by atoms with Crippen LogP contribution in [0.25, 0.3) is 0 Å². The number of carboxylic acid groups (broad SMARTS) is 1. The normalized spacial score (nSPS) is 11.3. The van der Waals surface area contributed by atoms with Gasteiger partial charge in [0.25, 0.3) is 0 Å². The number of phenols is 1. The van der Waals surface area contributed by atoms with Gasteiger partial charge in [-0.3, -0.25) is 0 Å². The molecular formula is C17H17FN2O3. The first-order valence-corrected chi connectivity index (χ1v) is 7.07. The average Bonchev–Trinajstić information content (AvgIpc) is 2.47. The Morgan fingerprint density at radius 2 is 1.87 bits per heavy atom. The average molecular weight is 316 g/mol. The molecule has 0 saturated heterocycles. The van der Waals surface area contributed by atoms with Gasteiger partial charge >= 0.3 is 5.97 Å². The lowest BCUT2D eigenvalue weighted by atomic mass is 9.97. The van der Waals surface area contributed by atoms with E-state index in [0.717, 1.165) is 11.1 Å². The van der Waals surface area contributed by atoms with E-state index < -0.39 is 11.8 Å². The van der Waals surface area contributed by atoms with Crippen LogP contribution in [0.5, 0.6) is 5.75 Å². The number of aromatic carboxylic acids is 1. The zero-order chi connectivity index (χ0) is 17.1. The number of aromatic hydroxyl groups is 1. The van der Waals surface area contributed by atoms with E-state index in [2.05, 4.69) is 10.2 Å². The molecule has 0 saturated carbocycles. The van der Waals surface area contributed by atoms with E-state index in [1.807, 2.05) is 20.8 Å². The molecule has 0 radical (unpaired) electrons. The molecule has 0 aliphatic rings. The zero-order valence-electron chi connectivity index (χ0n) is 13.0. The second-order valence-electron chi connectivity index (χ2n) is 5.52. The first kappa shape index (κ1) is 16.6. The quantitative estimate of drug-likeness (QED) is 0.772. The summed E-state index contributed by atoms with van der Waals surface area (Å²) >= 11 is 0. The Kier molecular flexibility index (Phi) is 4.74. The van der Waals surface area contributed by atoms with Gasteiger partial charge in [0.2, 0.25) is 0 Å². The summed E-state index contributed by atoms with van der Waals surface area (Å²) in [5.74, 6) is -1.91. The second kappa shape index (κ2) is 6.56. The fraction of sp³-hybridized carbons (Fsp3) is 0.235. The number of benzene rings is 2. The Morgan fingerprint density at radius 1 is 1.17 bits per heavy atom. The molecule has 2 N–H and O–H groups in total. The summed E-state index contributed by atoms with van der Waals surface area (Å²) in [7, 11) is 0. The molecule has 0 heterocycles. The molecule has 0 unspecified atom stereocenters. The van der Waals surface area contributed by atoms with Crippen LogP contribution in [0.2, 0.25) is 0 Å². The monoisotopic (exact) mass is 316 g/mol. The highest BCUT2D eigenvalue weighted by Gasteiger charge is 2.11. The minimum absolute atomic E-state index is 0.0873. The summed E-state index contributed by atoms with van der Waals surface area (Å²) in [6, 6.07) is 6.83. The number of azo groups is 1. The van der Waals surface area contributed by atoms with Gasteiger partial charge in [0.15, 0.2) is 5.82 Å². The Labute approximate surface area is 133 Å². The highest BCUT2D eigenvalue weighted by Crippen LogP contribution is 2.30. The molecule has 0 atom stereocenters. The molecule has 0 fully saturated rings. The molecule has 120 valence electrons. The Morgan fingerprint density at radius 3 is 2.48 bits per heavy atom. The van der Waals surface area contributed by atoms with Crippen molar-refractivity contribution in [2.75, 3.05) is 0 Å². The summed E-state index contributed by atoms with van der Waals surface area (Å²) in [4.78, 5) is 11.0. The third-order valence-corrected chi connectivity index (χ3v) is 3.44. The van der Waals surface area contributed by atoms with Crippen molar-refractivity contribution in [3.8, 4) is 5.75 Å². The van der Waals surface area contributed by atoms with E-state index >= 15 is 0 Å². The van der Waals surface area contributed by atoms with Gasteiger partial charge in [0.1, 0.15) is 17.0 Å². The van der Waals surface area contributed by atoms with Crippen molar-refractivity contribution in [3.63, 3.8) is 0 Å². The second-order valence-corrected chi connectivity index (χ2v) is 5.52. The van der Waals surface area contributed by atoms with E-state index in [-0.39, 0.29) is 28.6 Å². The van der Waals surface area contributed by atoms with Gasteiger partial charge in [0, 0.05) is 0 Å². The first-order chi connectivity index (χ1) is 10.8. The van der Waals surface area contributed by atoms with Crippen LogP contribution < -0.4 is 0 Å². The van der Waals surface area contributed by atoms with Crippen molar-refractivity contribution >= 4 is 17.3 Å². The predicted octanol–water partition coefficient (Wildman–Crippen LogP) is 5.08. The van der Waals surface area contributed by atoms with Gasteiger partial charge in [-0.1, -0.05) is 13.8 Å². The molecular weight excluding hydrogens is 299 g/mol. The van der Waals surface area contributed by atoms with E-state index in [0.29, 0.717) is 0 Å². The molecule has 0 spiro atoms. The minimum Gasteiger partial charge on any atom is -0.507 e. The lowest BCUT2D eigenvalue weighted by molar-refractivity contribution is 0.0694. The molecule has 0 bridgehead atoms. The number of halogens is 1. The van der Waals surface area contributed by atoms with Crippen molar-refractivity contribution in [1.82, 2.24) is 0 Å². The Bertz CT molecular complexity index is 786. The number of rotatable bonds is 4. The summed E-state index contributed by atoms with van der Waals surface area (Å²) < 4.78 is 14.0. The molecule has 5 nitrogen and oxygen atoms in total. The van der Waals surface area contributed by atoms with Crippen molar-refractivity contribution < 1.29 is 19.4 Å². The Balaban J connectivity index is 2.39. The van der Waals surface area contributed by atoms with Crippen LogP contribution in [0.4, 0.5) is 15.8 Å². The lowest BCUT2D eigenvalue weighted by Gasteiger charge is -2.10. The molecule has 2 rings (SSSR count). The number of aryl methyl sites for hydroxylation is 1. The van der Waals surface area contributed by atoms with Crippen LogP contribution in [0.3, 0.4) is 0 Å². The third-order valence-electron chi connectivity index (χ3n) is 3.44. The van der Waals surface area contributed by atoms with E-state index in [4.69, 9.17) is 5.11 Å². The highest BCUT2D eigenvalue weighted by molar-refractivity contribution is 5.91. The molecule has 0 aliphatic carbocycles. The standard InChI is InChI=1S/C17H17FN2O3/c1-9(2)12-8-15(14(18)6-10(12)3)20-19-11-4-5-16(21)13(7-11)17(22)23/h4-9,21H,1-3H3,(H,22,23)/b20-19-. The number of carbonyl (C=O) groups is 1. The SMILES string of the molecule is Cc1cc(F)c(/N=N\c2ccc(O)c(C(=O)O)c2)cc1C(C)C. The van der Waals surface area contributed by atoms with Crippen molar-refractivity contribution in [2.45, 2.75) is 26.7 Å². The van der Waals surface area contributed by atoms with Crippen LogP contribution >= 0.6 is 0 Å². The summed E-state index contributed by atoms with van der Waals surface area (Å²) in [5.41, 5.74) is 1.83. The van der Waals surface area contributed by atoms with Gasteiger partial charge < -0.3 is 10.2 Å². The molecule has 0 aliphatic heterocycles. The zero-order valence-corrected chi connectivity index (χ0v) is 13.0. The van der Waals surface area contributed by atoms with Gasteiger partial charge in [-0.2, -0.15) is 5.11 Å². The molecule has 2 aromatic rings. The molecule has 0 amide bonds. The van der Waals surface area contributed by atoms with Gasteiger partial charge in [0.05, 0.1) is 5.69 Å². The number of carboxylic acids is 1. The Hall–Kier alpha value is -2.76. The smallest absolute Gasteiger partial charge is 0.339 e. The van der Waals surface area contributed by atoms with E-state index in [1.54, 1.807) is 6.07 Å². The fourth-order valence-corrected chi connectivity index (χ4v) is 2.25. The predicted molar refractivity (Wildman–Crippen MR) is 84.5 cm³/mol. The summed E-state index contributed by atoms with van der Waals surface area (Å²) in [6.07, 6.45) is 0. The van der Waals surface area contributed by atoms with Crippen molar-refractivity contribution in [1.29, 1.82) is 0 Å². The molecule has 0 aromatic heterocycles. The van der Waals surface area contributed by atoms with Crippen LogP contribution in [0.15, 0.2) is 40.6 Å². The molecule has 6 heteroatoms. The largest absolute Gasteiger partial charge is 0.507 e. The van der Waals surface area contributed by atoms with Crippen LogP contribution in [-0.4, -0.2) is 16.2 Å². The van der Waals surface area contributed by atoms with Crippen molar-refractivity contribution in [2.24, 2.45) is 10.2 Å². The number of hydrogen-bond acceptors (Lipinski definition) is 4. The summed E-state index contributed by atoms with van der Waals surface area (Å²) in [5, 5.41) is 26.1. The summed E-state index contributed by atoms with van der Waals surface area (Å²) in [6.45, 7) is 5.83. The maximum Gasteiger partial charge on any atom is 0.339 e. The van der Waals surface area contributed by atoms with Gasteiger partial charge in [-0.05, 0) is 54.3 Å². The number of hydrogen-bond donors (Lipinski definition) is 2. The van der Waals surface area contributed by atoms with Crippen LogP contribution in [-0.2, 0) is 0 Å². The fourth-order valence-electron chi connectivity index (χ4n) is 2.25. The lowest BCUT2D eigenvalue weighted by Crippen LogP contribution is -1.95. The van der Waals surface area contributed by atoms with Gasteiger partial charge in [-0.15, -0.1) is 5.11 Å². The van der Waals surface area contributed by atoms with E-state index in [1.165, 1.54) is 24.3 Å². The first-order valence-electron chi connectivity index (χ1n) is 7.07. The molecule has 23 heavy (non-hydrogen) atoms. The highest BCUT2D eigenvalue weighted by atomic mass is 19.1. The van der Waals surface area contributed by atoms with E-state index in [9.17, 15) is 14.3 Å². The maximum absolute atomic E-state index is 14.0. The van der Waals surface area contributed by atoms with Crippen LogP contribution in [0.1, 0.15) is 41.3 Å². The number of nitrogens with zero attached hydrogens (tertiary/aromatic N) is 2. The maximum atomic E-state index is 14.0. The van der Waals surface area contributed by atoms with Gasteiger partial charge in [-0.25, -0.2) is 9.18 Å². The topological polar surface area (TPSA) is 82.2 Å². The van der Waals surface area contributed by atoms with Crippen LogP contribution in [0, 0.1) is 12.7 Å². The third kappa shape index (κ3) is 3.71.